The Kier molecular flexibility index (Phi) is 6.37. The summed E-state index contributed by atoms with van der Waals surface area (Å²) in [5.74, 6) is -0.129. The lowest BCUT2D eigenvalue weighted by Gasteiger charge is -2.28. The van der Waals surface area contributed by atoms with Crippen molar-refractivity contribution in [2.24, 2.45) is 11.1 Å². The van der Waals surface area contributed by atoms with Gasteiger partial charge >= 0.3 is 0 Å². The van der Waals surface area contributed by atoms with E-state index in [4.69, 9.17) is 5.73 Å². The summed E-state index contributed by atoms with van der Waals surface area (Å²) < 4.78 is 0. The van der Waals surface area contributed by atoms with Crippen molar-refractivity contribution >= 4 is 17.5 Å². The Bertz CT molecular complexity index is 488. The van der Waals surface area contributed by atoms with Crippen LogP contribution < -0.4 is 16.4 Å². The molecular weight excluding hydrogens is 266 g/mol. The number of nitrogens with one attached hydrogen (secondary N) is 2. The van der Waals surface area contributed by atoms with Gasteiger partial charge < -0.3 is 16.4 Å². The van der Waals surface area contributed by atoms with E-state index >= 15 is 0 Å². The van der Waals surface area contributed by atoms with E-state index in [-0.39, 0.29) is 11.8 Å². The van der Waals surface area contributed by atoms with E-state index in [0.717, 1.165) is 24.1 Å². The van der Waals surface area contributed by atoms with Crippen LogP contribution in [-0.4, -0.2) is 18.4 Å². The summed E-state index contributed by atoms with van der Waals surface area (Å²) in [6.45, 7) is 6.19. The van der Waals surface area contributed by atoms with E-state index in [1.54, 1.807) is 0 Å². The molecule has 0 aliphatic carbocycles. The minimum Gasteiger partial charge on any atom is -0.352 e. The van der Waals surface area contributed by atoms with Crippen molar-refractivity contribution in [2.75, 3.05) is 11.9 Å². The van der Waals surface area contributed by atoms with Crippen LogP contribution in [0.15, 0.2) is 24.3 Å². The highest BCUT2D eigenvalue weighted by Crippen LogP contribution is 2.25. The highest BCUT2D eigenvalue weighted by atomic mass is 16.2. The number of amides is 2. The number of benzene rings is 1. The Morgan fingerprint density at radius 3 is 2.43 bits per heavy atom. The van der Waals surface area contributed by atoms with Crippen molar-refractivity contribution in [1.29, 1.82) is 0 Å². The van der Waals surface area contributed by atoms with Crippen LogP contribution in [0.25, 0.3) is 0 Å². The smallest absolute Gasteiger partial charge is 0.227 e. The van der Waals surface area contributed by atoms with Gasteiger partial charge in [0.1, 0.15) is 0 Å². The van der Waals surface area contributed by atoms with Gasteiger partial charge in [0.05, 0.1) is 5.41 Å². The molecule has 4 N–H and O–H groups in total. The van der Waals surface area contributed by atoms with Crippen molar-refractivity contribution in [1.82, 2.24) is 5.32 Å². The van der Waals surface area contributed by atoms with Crippen molar-refractivity contribution in [2.45, 2.75) is 40.2 Å². The maximum Gasteiger partial charge on any atom is 0.227 e. The van der Waals surface area contributed by atoms with Crippen LogP contribution in [0.4, 0.5) is 5.69 Å². The van der Waals surface area contributed by atoms with Gasteiger partial charge in [-0.3, -0.25) is 9.59 Å². The largest absolute Gasteiger partial charge is 0.352 e. The Morgan fingerprint density at radius 1 is 1.24 bits per heavy atom. The number of carbonyl (C=O) groups is 2. The summed E-state index contributed by atoms with van der Waals surface area (Å²) in [5.41, 5.74) is 6.94. The molecule has 0 heterocycles. The number of carbonyl (C=O) groups excluding carboxylic acids is 2. The average Bonchev–Trinajstić information content (AvgIpc) is 2.47. The van der Waals surface area contributed by atoms with Gasteiger partial charge in [0.25, 0.3) is 0 Å². The lowest BCUT2D eigenvalue weighted by molar-refractivity contribution is -0.131. The van der Waals surface area contributed by atoms with E-state index in [1.165, 1.54) is 6.92 Å². The number of rotatable bonds is 7. The molecule has 5 nitrogen and oxygen atoms in total. The standard InChI is InChI=1S/C16H25N3O2/c1-4-16(5-2,11-17)15(21)18-10-13-7-6-8-14(9-13)19-12(3)20/h6-9H,4-5,10-11,17H2,1-3H3,(H,18,21)(H,19,20). The molecule has 0 atom stereocenters. The van der Waals surface area contributed by atoms with Crippen LogP contribution in [-0.2, 0) is 16.1 Å². The van der Waals surface area contributed by atoms with Crippen molar-refractivity contribution in [3.05, 3.63) is 29.8 Å². The molecule has 0 spiro atoms. The normalized spacial score (nSPS) is 11.0. The monoisotopic (exact) mass is 291 g/mol. The molecule has 1 aromatic rings. The van der Waals surface area contributed by atoms with Crippen molar-refractivity contribution in [3.8, 4) is 0 Å². The first kappa shape index (κ1) is 17.2. The zero-order valence-electron chi connectivity index (χ0n) is 13.0. The Hall–Kier alpha value is -1.88. The fraction of sp³-hybridized carbons (Fsp3) is 0.500. The minimum atomic E-state index is -0.491. The highest BCUT2D eigenvalue weighted by molar-refractivity contribution is 5.88. The SMILES string of the molecule is CCC(CC)(CN)C(=O)NCc1cccc(NC(C)=O)c1. The van der Waals surface area contributed by atoms with Crippen LogP contribution in [0.2, 0.25) is 0 Å². The number of anilines is 1. The molecule has 0 aromatic heterocycles. The number of hydrogen-bond donors (Lipinski definition) is 3. The maximum absolute atomic E-state index is 12.3. The molecule has 0 saturated carbocycles. The number of hydrogen-bond acceptors (Lipinski definition) is 3. The highest BCUT2D eigenvalue weighted by Gasteiger charge is 2.32. The van der Waals surface area contributed by atoms with Crippen molar-refractivity contribution in [3.63, 3.8) is 0 Å². The van der Waals surface area contributed by atoms with Crippen LogP contribution in [0, 0.1) is 5.41 Å². The van der Waals surface area contributed by atoms with Crippen LogP contribution in [0.1, 0.15) is 39.2 Å². The second-order valence-electron chi connectivity index (χ2n) is 5.26. The summed E-state index contributed by atoms with van der Waals surface area (Å²) in [6, 6.07) is 7.43. The summed E-state index contributed by atoms with van der Waals surface area (Å²) in [6.07, 6.45) is 1.44. The van der Waals surface area contributed by atoms with E-state index in [0.29, 0.717) is 13.1 Å². The Morgan fingerprint density at radius 2 is 1.90 bits per heavy atom. The zero-order chi connectivity index (χ0) is 15.9. The number of nitrogens with two attached hydrogens (primary N) is 1. The molecule has 5 heteroatoms. The second-order valence-corrected chi connectivity index (χ2v) is 5.26. The molecule has 0 fully saturated rings. The van der Waals surface area contributed by atoms with E-state index in [2.05, 4.69) is 10.6 Å². The molecule has 116 valence electrons. The molecule has 0 unspecified atom stereocenters. The third kappa shape index (κ3) is 4.56. The van der Waals surface area contributed by atoms with Gasteiger partial charge in [0.2, 0.25) is 11.8 Å². The summed E-state index contributed by atoms with van der Waals surface area (Å²) in [4.78, 5) is 23.4. The third-order valence-corrected chi connectivity index (χ3v) is 3.93. The first-order chi connectivity index (χ1) is 9.97. The quantitative estimate of drug-likeness (QED) is 0.718. The molecule has 0 aliphatic heterocycles. The summed E-state index contributed by atoms with van der Waals surface area (Å²) in [7, 11) is 0. The predicted molar refractivity (Wildman–Crippen MR) is 84.7 cm³/mol. The minimum absolute atomic E-state index is 0.0140. The lowest BCUT2D eigenvalue weighted by atomic mass is 9.81. The van der Waals surface area contributed by atoms with Gasteiger partial charge in [0, 0.05) is 25.7 Å². The Balaban J connectivity index is 2.70. The molecule has 1 rings (SSSR count). The Labute approximate surface area is 126 Å². The van der Waals surface area contributed by atoms with E-state index < -0.39 is 5.41 Å². The third-order valence-electron chi connectivity index (χ3n) is 3.93. The van der Waals surface area contributed by atoms with Gasteiger partial charge in [-0.15, -0.1) is 0 Å². The molecule has 0 radical (unpaired) electrons. The topological polar surface area (TPSA) is 84.2 Å². The van der Waals surface area contributed by atoms with Crippen LogP contribution in [0.3, 0.4) is 0 Å². The molecule has 0 aliphatic rings. The second kappa shape index (κ2) is 7.78. The lowest BCUT2D eigenvalue weighted by Crippen LogP contribution is -2.45. The van der Waals surface area contributed by atoms with E-state index in [9.17, 15) is 9.59 Å². The first-order valence-corrected chi connectivity index (χ1v) is 7.32. The molecule has 0 saturated heterocycles. The summed E-state index contributed by atoms with van der Waals surface area (Å²) in [5, 5.41) is 5.67. The predicted octanol–water partition coefficient (Wildman–Crippen LogP) is 2.03. The van der Waals surface area contributed by atoms with Gasteiger partial charge in [-0.05, 0) is 30.5 Å². The van der Waals surface area contributed by atoms with Crippen molar-refractivity contribution < 1.29 is 9.59 Å². The fourth-order valence-electron chi connectivity index (χ4n) is 2.28. The summed E-state index contributed by atoms with van der Waals surface area (Å²) >= 11 is 0. The van der Waals surface area contributed by atoms with Crippen LogP contribution >= 0.6 is 0 Å². The van der Waals surface area contributed by atoms with Crippen LogP contribution in [0.5, 0.6) is 0 Å². The first-order valence-electron chi connectivity index (χ1n) is 7.32. The molecular formula is C16H25N3O2. The fourth-order valence-corrected chi connectivity index (χ4v) is 2.28. The van der Waals surface area contributed by atoms with Gasteiger partial charge in [0.15, 0.2) is 0 Å². The van der Waals surface area contributed by atoms with E-state index in [1.807, 2.05) is 38.1 Å². The van der Waals surface area contributed by atoms with Gasteiger partial charge in [-0.25, -0.2) is 0 Å². The van der Waals surface area contributed by atoms with Gasteiger partial charge in [-0.1, -0.05) is 26.0 Å². The average molecular weight is 291 g/mol. The maximum atomic E-state index is 12.3. The molecule has 21 heavy (non-hydrogen) atoms. The van der Waals surface area contributed by atoms with Gasteiger partial charge in [-0.2, -0.15) is 0 Å². The molecule has 2 amide bonds. The zero-order valence-corrected chi connectivity index (χ0v) is 13.0. The molecule has 0 bridgehead atoms. The molecule has 1 aromatic carbocycles.